The van der Waals surface area contributed by atoms with Gasteiger partial charge in [0, 0.05) is 11.4 Å². The largest absolute Gasteiger partial charge is 0.496 e. The second-order valence-electron chi connectivity index (χ2n) is 4.92. The quantitative estimate of drug-likeness (QED) is 0.890. The number of aromatic nitrogens is 2. The Morgan fingerprint density at radius 3 is 2.04 bits per heavy atom. The number of hydrogen-bond acceptors (Lipinski definition) is 6. The summed E-state index contributed by atoms with van der Waals surface area (Å²) < 4.78 is 10.3. The molecule has 8 heteroatoms. The lowest BCUT2D eigenvalue weighted by molar-refractivity contribution is 0.0961. The molecule has 0 unspecified atom stereocenters. The fourth-order valence-corrected chi connectivity index (χ4v) is 2.16. The van der Waals surface area contributed by atoms with E-state index >= 15 is 0 Å². The van der Waals surface area contributed by atoms with E-state index in [2.05, 4.69) is 20.6 Å². The average molecular weight is 330 g/mol. The minimum absolute atomic E-state index is 0.116. The van der Waals surface area contributed by atoms with Crippen molar-refractivity contribution in [2.24, 2.45) is 0 Å². The van der Waals surface area contributed by atoms with Crippen molar-refractivity contribution in [1.29, 1.82) is 0 Å². The van der Waals surface area contributed by atoms with Gasteiger partial charge in [-0.1, -0.05) is 6.07 Å². The minimum atomic E-state index is -0.752. The van der Waals surface area contributed by atoms with Gasteiger partial charge in [-0.25, -0.2) is 14.8 Å². The lowest BCUT2D eigenvalue weighted by Gasteiger charge is -2.12. The molecule has 8 nitrogen and oxygen atoms in total. The molecule has 0 aliphatic rings. The fraction of sp³-hybridized carbons (Fsp3) is 0.250. The number of urea groups is 1. The van der Waals surface area contributed by atoms with E-state index < -0.39 is 11.9 Å². The molecule has 1 aromatic heterocycles. The molecule has 0 spiro atoms. The minimum Gasteiger partial charge on any atom is -0.496 e. The van der Waals surface area contributed by atoms with Crippen LogP contribution in [0.25, 0.3) is 0 Å². The van der Waals surface area contributed by atoms with E-state index in [0.29, 0.717) is 22.9 Å². The molecule has 0 bridgehead atoms. The maximum atomic E-state index is 12.4. The number of anilines is 1. The molecule has 1 aromatic carbocycles. The average Bonchev–Trinajstić information content (AvgIpc) is 2.52. The third-order valence-electron chi connectivity index (χ3n) is 3.09. The molecule has 2 rings (SSSR count). The van der Waals surface area contributed by atoms with Crippen molar-refractivity contribution in [3.8, 4) is 11.5 Å². The molecule has 24 heavy (non-hydrogen) atoms. The van der Waals surface area contributed by atoms with Crippen LogP contribution < -0.4 is 20.1 Å². The topological polar surface area (TPSA) is 102 Å². The first-order valence-electron chi connectivity index (χ1n) is 7.10. The highest BCUT2D eigenvalue weighted by molar-refractivity contribution is 6.10. The summed E-state index contributed by atoms with van der Waals surface area (Å²) in [7, 11) is 2.85. The van der Waals surface area contributed by atoms with E-state index in [1.165, 1.54) is 14.2 Å². The first-order valence-corrected chi connectivity index (χ1v) is 7.10. The van der Waals surface area contributed by atoms with E-state index in [0.717, 1.165) is 0 Å². The van der Waals surface area contributed by atoms with Gasteiger partial charge in [-0.05, 0) is 32.0 Å². The molecule has 126 valence electrons. The molecule has 3 amide bonds. The van der Waals surface area contributed by atoms with Gasteiger partial charge in [0.25, 0.3) is 5.91 Å². The van der Waals surface area contributed by atoms with Crippen molar-refractivity contribution in [2.75, 3.05) is 19.5 Å². The Balaban J connectivity index is 2.16. The van der Waals surface area contributed by atoms with Crippen molar-refractivity contribution in [1.82, 2.24) is 15.3 Å². The van der Waals surface area contributed by atoms with Crippen LogP contribution in [0.1, 0.15) is 21.7 Å². The van der Waals surface area contributed by atoms with Crippen LogP contribution in [0.5, 0.6) is 11.5 Å². The second kappa shape index (κ2) is 7.40. The van der Waals surface area contributed by atoms with Crippen molar-refractivity contribution in [2.45, 2.75) is 13.8 Å². The standard InChI is InChI=1S/C16H18N4O4/c1-9-8-10(2)18-15(17-9)20-16(22)19-14(21)13-11(23-3)6-5-7-12(13)24-4/h5-8H,1-4H3,(H2,17,18,19,20,21,22). The van der Waals surface area contributed by atoms with Crippen LogP contribution in [0.3, 0.4) is 0 Å². The Kier molecular flexibility index (Phi) is 5.31. The molecule has 2 aromatic rings. The van der Waals surface area contributed by atoms with E-state index in [-0.39, 0.29) is 11.5 Å². The number of methoxy groups -OCH3 is 2. The highest BCUT2D eigenvalue weighted by Crippen LogP contribution is 2.27. The number of rotatable bonds is 4. The SMILES string of the molecule is COc1cccc(OC)c1C(=O)NC(=O)Nc1nc(C)cc(C)n1. The van der Waals surface area contributed by atoms with Gasteiger partial charge >= 0.3 is 6.03 Å². The van der Waals surface area contributed by atoms with Crippen LogP contribution in [0.15, 0.2) is 24.3 Å². The maximum Gasteiger partial charge on any atom is 0.328 e. The van der Waals surface area contributed by atoms with Crippen LogP contribution in [-0.4, -0.2) is 36.1 Å². The number of nitrogens with one attached hydrogen (secondary N) is 2. The summed E-state index contributed by atoms with van der Waals surface area (Å²) in [6.45, 7) is 3.56. The Morgan fingerprint density at radius 2 is 1.54 bits per heavy atom. The van der Waals surface area contributed by atoms with Crippen molar-refractivity contribution < 1.29 is 19.1 Å². The zero-order valence-corrected chi connectivity index (χ0v) is 13.8. The third-order valence-corrected chi connectivity index (χ3v) is 3.09. The number of carbonyl (C=O) groups excluding carboxylic acids is 2. The highest BCUT2D eigenvalue weighted by atomic mass is 16.5. The summed E-state index contributed by atoms with van der Waals surface area (Å²) in [5, 5.41) is 4.63. The number of hydrogen-bond donors (Lipinski definition) is 2. The summed E-state index contributed by atoms with van der Waals surface area (Å²) in [5.41, 5.74) is 1.53. The number of amides is 3. The molecule has 2 N–H and O–H groups in total. The van der Waals surface area contributed by atoms with Crippen LogP contribution in [0.2, 0.25) is 0 Å². The molecular weight excluding hydrogens is 312 g/mol. The smallest absolute Gasteiger partial charge is 0.328 e. The molecule has 0 saturated heterocycles. The van der Waals surface area contributed by atoms with Gasteiger partial charge in [0.15, 0.2) is 0 Å². The summed E-state index contributed by atoms with van der Waals surface area (Å²) in [4.78, 5) is 32.5. The van der Waals surface area contributed by atoms with Crippen LogP contribution in [-0.2, 0) is 0 Å². The molecule has 0 saturated carbocycles. The summed E-state index contributed by atoms with van der Waals surface area (Å²) >= 11 is 0. The molecule has 0 radical (unpaired) electrons. The number of nitrogens with zero attached hydrogens (tertiary/aromatic N) is 2. The number of carbonyl (C=O) groups is 2. The van der Waals surface area contributed by atoms with Crippen molar-refractivity contribution in [3.63, 3.8) is 0 Å². The molecule has 0 aliphatic carbocycles. The first-order chi connectivity index (χ1) is 11.4. The van der Waals surface area contributed by atoms with Crippen LogP contribution in [0, 0.1) is 13.8 Å². The van der Waals surface area contributed by atoms with E-state index in [1.807, 2.05) is 0 Å². The molecular formula is C16H18N4O4. The Hall–Kier alpha value is -3.16. The Morgan fingerprint density at radius 1 is 1.00 bits per heavy atom. The van der Waals surface area contributed by atoms with Gasteiger partial charge in [0.2, 0.25) is 5.95 Å². The molecule has 1 heterocycles. The van der Waals surface area contributed by atoms with E-state index in [1.54, 1.807) is 38.1 Å². The van der Waals surface area contributed by atoms with Crippen LogP contribution in [0.4, 0.5) is 10.7 Å². The first kappa shape index (κ1) is 17.2. The van der Waals surface area contributed by atoms with Gasteiger partial charge in [0.1, 0.15) is 17.1 Å². The number of ether oxygens (including phenoxy) is 2. The Labute approximate surface area is 139 Å². The summed E-state index contributed by atoms with van der Waals surface area (Å²) in [6.07, 6.45) is 0. The fourth-order valence-electron chi connectivity index (χ4n) is 2.16. The number of benzene rings is 1. The van der Waals surface area contributed by atoms with Gasteiger partial charge in [-0.15, -0.1) is 0 Å². The monoisotopic (exact) mass is 330 g/mol. The lowest BCUT2D eigenvalue weighted by Crippen LogP contribution is -2.35. The normalized spacial score (nSPS) is 10.0. The van der Waals surface area contributed by atoms with Gasteiger partial charge in [-0.3, -0.25) is 15.4 Å². The van der Waals surface area contributed by atoms with Crippen molar-refractivity contribution in [3.05, 3.63) is 41.2 Å². The van der Waals surface area contributed by atoms with Crippen LogP contribution >= 0.6 is 0 Å². The zero-order valence-electron chi connectivity index (χ0n) is 13.8. The summed E-state index contributed by atoms with van der Waals surface area (Å²) in [6, 6.07) is 5.90. The molecule has 0 atom stereocenters. The van der Waals surface area contributed by atoms with E-state index in [4.69, 9.17) is 9.47 Å². The van der Waals surface area contributed by atoms with Gasteiger partial charge < -0.3 is 9.47 Å². The second-order valence-corrected chi connectivity index (χ2v) is 4.92. The lowest BCUT2D eigenvalue weighted by atomic mass is 10.1. The van der Waals surface area contributed by atoms with Gasteiger partial charge in [-0.2, -0.15) is 0 Å². The molecule has 0 fully saturated rings. The maximum absolute atomic E-state index is 12.4. The third kappa shape index (κ3) is 3.97. The number of imide groups is 1. The van der Waals surface area contributed by atoms with Gasteiger partial charge in [0.05, 0.1) is 14.2 Å². The zero-order chi connectivity index (χ0) is 17.7. The molecule has 0 aliphatic heterocycles. The highest BCUT2D eigenvalue weighted by Gasteiger charge is 2.20. The predicted molar refractivity (Wildman–Crippen MR) is 87.5 cm³/mol. The van der Waals surface area contributed by atoms with E-state index in [9.17, 15) is 9.59 Å². The predicted octanol–water partition coefficient (Wildman–Crippen LogP) is 2.07. The van der Waals surface area contributed by atoms with Crippen molar-refractivity contribution >= 4 is 17.9 Å². The summed E-state index contributed by atoms with van der Waals surface area (Å²) in [5.74, 6) is 0.0422. The number of aryl methyl sites for hydroxylation is 2. The Bertz CT molecular complexity index is 734.